The summed E-state index contributed by atoms with van der Waals surface area (Å²) in [5.41, 5.74) is 9.38. The fourth-order valence-corrected chi connectivity index (χ4v) is 2.98. The number of rotatable bonds is 2. The van der Waals surface area contributed by atoms with Gasteiger partial charge in [0.1, 0.15) is 5.01 Å². The molecule has 0 bridgehead atoms. The summed E-state index contributed by atoms with van der Waals surface area (Å²) in [6.07, 6.45) is 4.20. The second-order valence-electron chi connectivity index (χ2n) is 4.34. The van der Waals surface area contributed by atoms with Gasteiger partial charge in [-0.25, -0.2) is 4.98 Å². The molecule has 0 spiro atoms. The average molecular weight is 245 g/mol. The second-order valence-corrected chi connectivity index (χ2v) is 5.32. The highest BCUT2D eigenvalue weighted by molar-refractivity contribution is 7.09. The fourth-order valence-electron chi connectivity index (χ4n) is 2.35. The quantitative estimate of drug-likeness (QED) is 0.827. The van der Waals surface area contributed by atoms with Gasteiger partial charge in [-0.3, -0.25) is 0 Å². The smallest absolute Gasteiger partial charge is 0.112 e. The maximum atomic E-state index is 5.83. The minimum absolute atomic E-state index is 0.861. The Kier molecular flexibility index (Phi) is 2.73. The van der Waals surface area contributed by atoms with E-state index in [4.69, 9.17) is 5.73 Å². The summed E-state index contributed by atoms with van der Waals surface area (Å²) in [4.78, 5) is 6.75. The lowest BCUT2D eigenvalue weighted by molar-refractivity contribution is 0.690. The van der Waals surface area contributed by atoms with Crippen LogP contribution in [-0.4, -0.2) is 11.5 Å². The van der Waals surface area contributed by atoms with E-state index < -0.39 is 0 Å². The van der Waals surface area contributed by atoms with Gasteiger partial charge in [-0.2, -0.15) is 0 Å². The van der Waals surface area contributed by atoms with Crippen LogP contribution in [0.4, 0.5) is 11.4 Å². The van der Waals surface area contributed by atoms with Crippen molar-refractivity contribution in [3.05, 3.63) is 40.3 Å². The lowest BCUT2D eigenvalue weighted by Gasteiger charge is -2.30. The molecule has 0 atom stereocenters. The molecular formula is C13H15N3S. The van der Waals surface area contributed by atoms with Crippen LogP contribution >= 0.6 is 11.3 Å². The van der Waals surface area contributed by atoms with Crippen LogP contribution in [0.1, 0.15) is 17.0 Å². The van der Waals surface area contributed by atoms with Gasteiger partial charge < -0.3 is 10.6 Å². The molecule has 0 saturated carbocycles. The molecule has 2 N–H and O–H groups in total. The predicted molar refractivity (Wildman–Crippen MR) is 72.3 cm³/mol. The van der Waals surface area contributed by atoms with Gasteiger partial charge >= 0.3 is 0 Å². The molecule has 0 amide bonds. The van der Waals surface area contributed by atoms with E-state index >= 15 is 0 Å². The topological polar surface area (TPSA) is 42.1 Å². The highest BCUT2D eigenvalue weighted by Crippen LogP contribution is 2.30. The molecule has 0 radical (unpaired) electrons. The first kappa shape index (κ1) is 10.6. The van der Waals surface area contributed by atoms with E-state index in [9.17, 15) is 0 Å². The number of aromatic nitrogens is 1. The first-order valence-corrected chi connectivity index (χ1v) is 6.72. The van der Waals surface area contributed by atoms with E-state index in [-0.39, 0.29) is 0 Å². The number of fused-ring (bicyclic) bond motifs is 1. The van der Waals surface area contributed by atoms with E-state index in [0.29, 0.717) is 0 Å². The summed E-state index contributed by atoms with van der Waals surface area (Å²) in [5, 5.41) is 3.21. The number of benzene rings is 1. The van der Waals surface area contributed by atoms with Crippen LogP contribution in [-0.2, 0) is 13.0 Å². The number of nitrogens with two attached hydrogens (primary N) is 1. The van der Waals surface area contributed by atoms with Crippen LogP contribution < -0.4 is 10.6 Å². The van der Waals surface area contributed by atoms with Crippen molar-refractivity contribution in [2.75, 3.05) is 17.2 Å². The van der Waals surface area contributed by atoms with Gasteiger partial charge in [-0.15, -0.1) is 11.3 Å². The third-order valence-electron chi connectivity index (χ3n) is 3.13. The Labute approximate surface area is 105 Å². The molecule has 17 heavy (non-hydrogen) atoms. The Morgan fingerprint density at radius 3 is 3.18 bits per heavy atom. The minimum atomic E-state index is 0.861. The summed E-state index contributed by atoms with van der Waals surface area (Å²) in [5.74, 6) is 0. The number of thiazole rings is 1. The van der Waals surface area contributed by atoms with E-state index in [2.05, 4.69) is 22.0 Å². The highest BCUT2D eigenvalue weighted by atomic mass is 32.1. The van der Waals surface area contributed by atoms with Crippen molar-refractivity contribution in [1.82, 2.24) is 4.98 Å². The fraction of sp³-hybridized carbons (Fsp3) is 0.308. The molecule has 0 saturated heterocycles. The second kappa shape index (κ2) is 4.37. The van der Waals surface area contributed by atoms with Gasteiger partial charge in [0.05, 0.1) is 6.54 Å². The standard InChI is InChI=1S/C13H15N3S/c14-11-3-4-12-10(8-11)2-1-6-16(12)9-13-15-5-7-17-13/h3-5,7-8H,1-2,6,9,14H2. The zero-order valence-corrected chi connectivity index (χ0v) is 10.4. The molecule has 2 aromatic rings. The molecule has 1 aliphatic heterocycles. The number of hydrogen-bond acceptors (Lipinski definition) is 4. The number of nitrogen functional groups attached to an aromatic ring is 1. The van der Waals surface area contributed by atoms with E-state index in [1.54, 1.807) is 11.3 Å². The summed E-state index contributed by atoms with van der Waals surface area (Å²) >= 11 is 1.72. The number of anilines is 2. The predicted octanol–water partition coefficient (Wildman–Crippen LogP) is 2.68. The number of nitrogens with zero attached hydrogens (tertiary/aromatic N) is 2. The van der Waals surface area contributed by atoms with Gasteiger partial charge in [0, 0.05) is 29.5 Å². The van der Waals surface area contributed by atoms with Crippen LogP contribution in [0.15, 0.2) is 29.8 Å². The summed E-state index contributed by atoms with van der Waals surface area (Å²) in [7, 11) is 0. The first-order chi connectivity index (χ1) is 8.33. The molecule has 0 unspecified atom stereocenters. The van der Waals surface area contributed by atoms with Crippen LogP contribution in [0.2, 0.25) is 0 Å². The van der Waals surface area contributed by atoms with Gasteiger partial charge in [0.2, 0.25) is 0 Å². The summed E-state index contributed by atoms with van der Waals surface area (Å²) < 4.78 is 0. The molecule has 2 heterocycles. The molecule has 4 heteroatoms. The Morgan fingerprint density at radius 2 is 2.35 bits per heavy atom. The maximum absolute atomic E-state index is 5.83. The van der Waals surface area contributed by atoms with E-state index in [0.717, 1.165) is 25.2 Å². The molecular weight excluding hydrogens is 230 g/mol. The van der Waals surface area contributed by atoms with Crippen molar-refractivity contribution < 1.29 is 0 Å². The van der Waals surface area contributed by atoms with Gasteiger partial charge in [0.25, 0.3) is 0 Å². The lowest BCUT2D eigenvalue weighted by atomic mass is 10.0. The SMILES string of the molecule is Nc1ccc2c(c1)CCCN2Cc1nccs1. The van der Waals surface area contributed by atoms with Crippen molar-refractivity contribution in [2.24, 2.45) is 0 Å². The van der Waals surface area contributed by atoms with Crippen molar-refractivity contribution in [3.63, 3.8) is 0 Å². The Bertz CT molecular complexity index is 507. The molecule has 3 rings (SSSR count). The zero-order chi connectivity index (χ0) is 11.7. The van der Waals surface area contributed by atoms with Gasteiger partial charge in [-0.05, 0) is 36.6 Å². The molecule has 3 nitrogen and oxygen atoms in total. The van der Waals surface area contributed by atoms with Gasteiger partial charge in [0.15, 0.2) is 0 Å². The lowest BCUT2D eigenvalue weighted by Crippen LogP contribution is -2.28. The summed E-state index contributed by atoms with van der Waals surface area (Å²) in [6, 6.07) is 6.22. The van der Waals surface area contributed by atoms with Crippen LogP contribution in [0.25, 0.3) is 0 Å². The number of hydrogen-bond donors (Lipinski definition) is 1. The van der Waals surface area contributed by atoms with E-state index in [1.165, 1.54) is 22.7 Å². The van der Waals surface area contributed by atoms with Crippen LogP contribution in [0.5, 0.6) is 0 Å². The maximum Gasteiger partial charge on any atom is 0.112 e. The third-order valence-corrected chi connectivity index (χ3v) is 3.89. The molecule has 0 fully saturated rings. The number of aryl methyl sites for hydroxylation is 1. The Hall–Kier alpha value is -1.55. The molecule has 1 aromatic heterocycles. The van der Waals surface area contributed by atoms with E-state index in [1.807, 2.05) is 17.6 Å². The van der Waals surface area contributed by atoms with Crippen molar-refractivity contribution in [2.45, 2.75) is 19.4 Å². The van der Waals surface area contributed by atoms with Crippen LogP contribution in [0.3, 0.4) is 0 Å². The molecule has 0 aliphatic carbocycles. The van der Waals surface area contributed by atoms with Crippen LogP contribution in [0, 0.1) is 0 Å². The monoisotopic (exact) mass is 245 g/mol. The summed E-state index contributed by atoms with van der Waals surface area (Å²) in [6.45, 7) is 2.02. The van der Waals surface area contributed by atoms with Gasteiger partial charge in [-0.1, -0.05) is 0 Å². The normalized spacial score (nSPS) is 14.7. The van der Waals surface area contributed by atoms with Crippen molar-refractivity contribution >= 4 is 22.7 Å². The third kappa shape index (κ3) is 2.13. The molecule has 88 valence electrons. The largest absolute Gasteiger partial charge is 0.399 e. The Balaban J connectivity index is 1.89. The zero-order valence-electron chi connectivity index (χ0n) is 9.60. The van der Waals surface area contributed by atoms with Crippen molar-refractivity contribution in [3.8, 4) is 0 Å². The average Bonchev–Trinajstić information content (AvgIpc) is 2.82. The minimum Gasteiger partial charge on any atom is -0.399 e. The Morgan fingerprint density at radius 1 is 1.41 bits per heavy atom. The first-order valence-electron chi connectivity index (χ1n) is 5.84. The molecule has 1 aromatic carbocycles. The highest BCUT2D eigenvalue weighted by Gasteiger charge is 2.17. The van der Waals surface area contributed by atoms with Crippen molar-refractivity contribution in [1.29, 1.82) is 0 Å². The molecule has 1 aliphatic rings.